The van der Waals surface area contributed by atoms with Crippen molar-refractivity contribution < 1.29 is 4.79 Å². The molecule has 0 aliphatic heterocycles. The van der Waals surface area contributed by atoms with Crippen LogP contribution in [0.1, 0.15) is 31.0 Å². The average Bonchev–Trinajstić information content (AvgIpc) is 2.31. The van der Waals surface area contributed by atoms with Crippen LogP contribution in [-0.2, 0) is 4.79 Å². The van der Waals surface area contributed by atoms with Gasteiger partial charge in [0.2, 0.25) is 5.91 Å². The molecule has 13 heavy (non-hydrogen) atoms. The zero-order chi connectivity index (χ0) is 10.0. The minimum Gasteiger partial charge on any atom is -0.368 e. The van der Waals surface area contributed by atoms with E-state index in [1.165, 1.54) is 0 Å². The average molecular weight is 182 g/mol. The van der Waals surface area contributed by atoms with Crippen LogP contribution >= 0.6 is 0 Å². The number of primary amides is 1. The van der Waals surface area contributed by atoms with Crippen LogP contribution in [0.4, 0.5) is 0 Å². The number of nitrogens with two attached hydrogens (primary N) is 1. The van der Waals surface area contributed by atoms with E-state index in [9.17, 15) is 4.79 Å². The van der Waals surface area contributed by atoms with Crippen LogP contribution in [0.25, 0.3) is 0 Å². The Balaban J connectivity index is 3.04. The summed E-state index contributed by atoms with van der Waals surface area (Å²) in [7, 11) is 0. The maximum absolute atomic E-state index is 11.0. The number of aromatic nitrogens is 3. The number of amides is 1. The van der Waals surface area contributed by atoms with E-state index in [2.05, 4.69) is 10.1 Å². The Bertz CT molecular complexity index is 318. The largest absolute Gasteiger partial charge is 0.368 e. The highest BCUT2D eigenvalue weighted by atomic mass is 16.1. The van der Waals surface area contributed by atoms with Crippen LogP contribution in [0, 0.1) is 13.8 Å². The molecule has 1 rings (SSSR count). The van der Waals surface area contributed by atoms with Crippen LogP contribution in [-0.4, -0.2) is 20.7 Å². The van der Waals surface area contributed by atoms with Crippen molar-refractivity contribution in [3.05, 3.63) is 11.6 Å². The highest BCUT2D eigenvalue weighted by molar-refractivity contribution is 5.78. The number of carbonyl (C=O) groups is 1. The van der Waals surface area contributed by atoms with Gasteiger partial charge in [0.15, 0.2) is 0 Å². The smallest absolute Gasteiger partial charge is 0.242 e. The Kier molecular flexibility index (Phi) is 2.65. The third kappa shape index (κ3) is 1.85. The summed E-state index contributed by atoms with van der Waals surface area (Å²) in [6.07, 6.45) is 0.638. The molecule has 0 saturated heterocycles. The highest BCUT2D eigenvalue weighted by Crippen LogP contribution is 2.11. The van der Waals surface area contributed by atoms with Crippen molar-refractivity contribution in [3.8, 4) is 0 Å². The maximum Gasteiger partial charge on any atom is 0.242 e. The lowest BCUT2D eigenvalue weighted by Gasteiger charge is -2.11. The van der Waals surface area contributed by atoms with Gasteiger partial charge in [-0.2, -0.15) is 5.10 Å². The number of hydrogen-bond donors (Lipinski definition) is 1. The Morgan fingerprint density at radius 1 is 1.62 bits per heavy atom. The predicted octanol–water partition coefficient (Wildman–Crippen LogP) is 0.331. The molecular weight excluding hydrogens is 168 g/mol. The summed E-state index contributed by atoms with van der Waals surface area (Å²) in [4.78, 5) is 15.1. The molecule has 0 aromatic carbocycles. The highest BCUT2D eigenvalue weighted by Gasteiger charge is 2.18. The zero-order valence-corrected chi connectivity index (χ0v) is 8.11. The quantitative estimate of drug-likeness (QED) is 0.732. The van der Waals surface area contributed by atoms with Gasteiger partial charge in [-0.3, -0.25) is 4.79 Å². The normalized spacial score (nSPS) is 12.8. The molecule has 0 aliphatic rings. The first-order chi connectivity index (χ1) is 6.06. The molecule has 1 atom stereocenters. The lowest BCUT2D eigenvalue weighted by molar-refractivity contribution is -0.121. The van der Waals surface area contributed by atoms with Gasteiger partial charge in [-0.05, 0) is 20.3 Å². The van der Waals surface area contributed by atoms with Crippen LogP contribution in [0.15, 0.2) is 0 Å². The van der Waals surface area contributed by atoms with Crippen molar-refractivity contribution in [1.82, 2.24) is 14.8 Å². The molecule has 5 nitrogen and oxygen atoms in total. The van der Waals surface area contributed by atoms with Crippen molar-refractivity contribution in [3.63, 3.8) is 0 Å². The fraction of sp³-hybridized carbons (Fsp3) is 0.625. The van der Waals surface area contributed by atoms with Crippen molar-refractivity contribution in [1.29, 1.82) is 0 Å². The van der Waals surface area contributed by atoms with Crippen molar-refractivity contribution >= 4 is 5.91 Å². The summed E-state index contributed by atoms with van der Waals surface area (Å²) < 4.78 is 1.58. The fourth-order valence-corrected chi connectivity index (χ4v) is 1.33. The molecular formula is C8H14N4O. The van der Waals surface area contributed by atoms with Crippen molar-refractivity contribution in [2.75, 3.05) is 0 Å². The molecule has 0 saturated carbocycles. The lowest BCUT2D eigenvalue weighted by Crippen LogP contribution is -2.27. The summed E-state index contributed by atoms with van der Waals surface area (Å²) in [6, 6.07) is -0.374. The van der Waals surface area contributed by atoms with E-state index in [0.717, 1.165) is 5.82 Å². The van der Waals surface area contributed by atoms with Gasteiger partial charge >= 0.3 is 0 Å². The monoisotopic (exact) mass is 182 g/mol. The van der Waals surface area contributed by atoms with Crippen LogP contribution in [0.2, 0.25) is 0 Å². The second kappa shape index (κ2) is 3.55. The van der Waals surface area contributed by atoms with E-state index in [1.54, 1.807) is 11.6 Å². The molecule has 0 bridgehead atoms. The number of nitrogens with zero attached hydrogens (tertiary/aromatic N) is 3. The molecule has 2 N–H and O–H groups in total. The van der Waals surface area contributed by atoms with E-state index in [4.69, 9.17) is 5.73 Å². The third-order valence-corrected chi connectivity index (χ3v) is 1.92. The van der Waals surface area contributed by atoms with Gasteiger partial charge in [0.25, 0.3) is 0 Å². The van der Waals surface area contributed by atoms with Gasteiger partial charge in [-0.25, -0.2) is 9.67 Å². The summed E-state index contributed by atoms with van der Waals surface area (Å²) in [5, 5.41) is 4.11. The molecule has 0 radical (unpaired) electrons. The van der Waals surface area contributed by atoms with E-state index in [1.807, 2.05) is 13.8 Å². The first-order valence-corrected chi connectivity index (χ1v) is 4.25. The number of hydrogen-bond acceptors (Lipinski definition) is 3. The third-order valence-electron chi connectivity index (χ3n) is 1.92. The molecule has 1 unspecified atom stereocenters. The predicted molar refractivity (Wildman–Crippen MR) is 48.0 cm³/mol. The van der Waals surface area contributed by atoms with Crippen molar-refractivity contribution in [2.24, 2.45) is 5.73 Å². The van der Waals surface area contributed by atoms with Gasteiger partial charge in [-0.15, -0.1) is 0 Å². The number of rotatable bonds is 3. The summed E-state index contributed by atoms with van der Waals surface area (Å²) in [5.74, 6) is 1.02. The summed E-state index contributed by atoms with van der Waals surface area (Å²) in [6.45, 7) is 5.49. The van der Waals surface area contributed by atoms with Crippen molar-refractivity contribution in [2.45, 2.75) is 33.2 Å². The second-order valence-corrected chi connectivity index (χ2v) is 2.98. The second-order valence-electron chi connectivity index (χ2n) is 2.98. The molecule has 1 aromatic rings. The molecule has 1 heterocycles. The molecule has 0 aliphatic carbocycles. The van der Waals surface area contributed by atoms with Crippen LogP contribution in [0.3, 0.4) is 0 Å². The van der Waals surface area contributed by atoms with Gasteiger partial charge in [0, 0.05) is 0 Å². The Morgan fingerprint density at radius 3 is 2.54 bits per heavy atom. The minimum atomic E-state index is -0.374. The molecule has 72 valence electrons. The maximum atomic E-state index is 11.0. The standard InChI is InChI=1S/C8H14N4O/c1-4-7(8(9)13)12-6(3)10-5(2)11-12/h7H,4H2,1-3H3,(H2,9,13). The summed E-state index contributed by atoms with van der Waals surface area (Å²) >= 11 is 0. The van der Waals surface area contributed by atoms with Gasteiger partial charge in [0.1, 0.15) is 17.7 Å². The van der Waals surface area contributed by atoms with Gasteiger partial charge < -0.3 is 5.73 Å². The molecule has 1 amide bonds. The van der Waals surface area contributed by atoms with Crippen LogP contribution < -0.4 is 5.73 Å². The van der Waals surface area contributed by atoms with E-state index in [0.29, 0.717) is 12.2 Å². The molecule has 0 spiro atoms. The molecule has 1 aromatic heterocycles. The topological polar surface area (TPSA) is 73.8 Å². The molecule has 0 fully saturated rings. The summed E-state index contributed by atoms with van der Waals surface area (Å²) in [5.41, 5.74) is 5.23. The Labute approximate surface area is 76.9 Å². The fourth-order valence-electron chi connectivity index (χ4n) is 1.33. The molecule has 5 heteroatoms. The number of carbonyl (C=O) groups excluding carboxylic acids is 1. The SMILES string of the molecule is CCC(C(N)=O)n1nc(C)nc1C. The Morgan fingerprint density at radius 2 is 2.23 bits per heavy atom. The first kappa shape index (κ1) is 9.70. The zero-order valence-electron chi connectivity index (χ0n) is 8.11. The van der Waals surface area contributed by atoms with Gasteiger partial charge in [-0.1, -0.05) is 6.92 Å². The minimum absolute atomic E-state index is 0.365. The van der Waals surface area contributed by atoms with Crippen LogP contribution in [0.5, 0.6) is 0 Å². The Hall–Kier alpha value is -1.39. The lowest BCUT2D eigenvalue weighted by atomic mass is 10.2. The van der Waals surface area contributed by atoms with E-state index >= 15 is 0 Å². The van der Waals surface area contributed by atoms with E-state index in [-0.39, 0.29) is 11.9 Å². The van der Waals surface area contributed by atoms with Gasteiger partial charge in [0.05, 0.1) is 0 Å². The first-order valence-electron chi connectivity index (χ1n) is 4.25. The number of aryl methyl sites for hydroxylation is 2. The van der Waals surface area contributed by atoms with E-state index < -0.39 is 0 Å².